The van der Waals surface area contributed by atoms with Crippen LogP contribution in [0.1, 0.15) is 41.6 Å². The van der Waals surface area contributed by atoms with E-state index >= 15 is 0 Å². The Morgan fingerprint density at radius 3 is 2.48 bits per heavy atom. The largest absolute Gasteiger partial charge is 0.317 e. The number of nitrogens with one attached hydrogen (secondary N) is 2. The molecule has 6 nitrogen and oxygen atoms in total. The lowest BCUT2D eigenvalue weighted by Gasteiger charge is -2.21. The average molecular weight is 436 g/mol. The van der Waals surface area contributed by atoms with Gasteiger partial charge in [0.2, 0.25) is 5.91 Å². The molecule has 1 saturated heterocycles. The van der Waals surface area contributed by atoms with E-state index in [1.54, 1.807) is 22.8 Å². The lowest BCUT2D eigenvalue weighted by molar-refractivity contribution is -0.120. The zero-order valence-electron chi connectivity index (χ0n) is 17.2. The van der Waals surface area contributed by atoms with Crippen LogP contribution in [0.4, 0.5) is 5.00 Å². The molecule has 0 atom stereocenters. The van der Waals surface area contributed by atoms with Crippen molar-refractivity contribution in [1.82, 2.24) is 9.88 Å². The van der Waals surface area contributed by atoms with E-state index in [1.165, 1.54) is 17.4 Å². The molecule has 2 N–H and O–H groups in total. The number of piperidine rings is 1. The molecule has 0 radical (unpaired) electrons. The minimum Gasteiger partial charge on any atom is -0.317 e. The lowest BCUT2D eigenvalue weighted by atomic mass is 9.97. The average Bonchev–Trinajstić information content (AvgIpc) is 3.55. The van der Waals surface area contributed by atoms with Crippen molar-refractivity contribution in [3.05, 3.63) is 63.9 Å². The molecule has 7 heteroatoms. The number of aromatic nitrogens is 1. The number of anilines is 1. The molecule has 160 valence electrons. The first-order chi connectivity index (χ1) is 15.1. The van der Waals surface area contributed by atoms with Crippen LogP contribution in [-0.2, 0) is 11.3 Å². The minimum absolute atomic E-state index is 0.0498. The number of hydrogen-bond donors (Lipinski definition) is 2. The van der Waals surface area contributed by atoms with Crippen molar-refractivity contribution in [1.29, 1.82) is 0 Å². The highest BCUT2D eigenvalue weighted by molar-refractivity contribution is 7.23. The van der Waals surface area contributed by atoms with Gasteiger partial charge in [0.1, 0.15) is 9.83 Å². The van der Waals surface area contributed by atoms with Gasteiger partial charge in [0, 0.05) is 29.5 Å². The Morgan fingerprint density at radius 1 is 1.03 bits per heavy atom. The Morgan fingerprint density at radius 2 is 1.77 bits per heavy atom. The van der Waals surface area contributed by atoms with Crippen LogP contribution in [0.3, 0.4) is 0 Å². The Hall–Kier alpha value is -2.77. The van der Waals surface area contributed by atoms with Crippen LogP contribution >= 0.6 is 11.3 Å². The van der Waals surface area contributed by atoms with E-state index in [9.17, 15) is 14.4 Å². The fraction of sp³-hybridized carbons (Fsp3) is 0.375. The van der Waals surface area contributed by atoms with Gasteiger partial charge in [-0.1, -0.05) is 41.7 Å². The van der Waals surface area contributed by atoms with Crippen LogP contribution in [0.25, 0.3) is 10.2 Å². The summed E-state index contributed by atoms with van der Waals surface area (Å²) >= 11 is 1.34. The van der Waals surface area contributed by atoms with Gasteiger partial charge in [-0.25, -0.2) is 0 Å². The molecule has 5 rings (SSSR count). The van der Waals surface area contributed by atoms with Crippen LogP contribution in [0, 0.1) is 11.8 Å². The molecule has 0 unspecified atom stereocenters. The van der Waals surface area contributed by atoms with Gasteiger partial charge in [-0.05, 0) is 50.8 Å². The van der Waals surface area contributed by atoms with Crippen molar-refractivity contribution in [3.63, 3.8) is 0 Å². The molecule has 1 saturated carbocycles. The summed E-state index contributed by atoms with van der Waals surface area (Å²) in [4.78, 5) is 39.9. The van der Waals surface area contributed by atoms with E-state index in [0.29, 0.717) is 28.6 Å². The number of fused-ring (bicyclic) bond motifs is 1. The number of carbonyl (C=O) groups excluding carboxylic acids is 2. The lowest BCUT2D eigenvalue weighted by Crippen LogP contribution is -2.34. The first-order valence-corrected chi connectivity index (χ1v) is 11.7. The second kappa shape index (κ2) is 8.40. The summed E-state index contributed by atoms with van der Waals surface area (Å²) in [7, 11) is 0. The fourth-order valence-corrected chi connectivity index (χ4v) is 5.41. The molecule has 0 bridgehead atoms. The standard InChI is InChI=1S/C24H25N3O3S/c28-19-9-8-18-20(21(29)16-4-2-1-3-5-16)23(26-22(30)17-10-12-25-13-11-17)31-24(18)27(19)14-15-6-7-15/h1-5,8-9,15,17,25H,6-7,10-14H2,(H,26,30). The summed E-state index contributed by atoms with van der Waals surface area (Å²) < 4.78 is 1.78. The number of benzene rings is 1. The summed E-state index contributed by atoms with van der Waals surface area (Å²) in [5, 5.41) is 7.61. The molecular weight excluding hydrogens is 410 g/mol. The maximum absolute atomic E-state index is 13.5. The van der Waals surface area contributed by atoms with E-state index in [1.807, 2.05) is 18.2 Å². The van der Waals surface area contributed by atoms with E-state index in [2.05, 4.69) is 10.6 Å². The molecule has 1 aromatic carbocycles. The normalized spacial score (nSPS) is 17.0. The number of thiophene rings is 1. The van der Waals surface area contributed by atoms with Crippen LogP contribution in [-0.4, -0.2) is 29.3 Å². The number of nitrogens with zero attached hydrogens (tertiary/aromatic N) is 1. The van der Waals surface area contributed by atoms with Crippen molar-refractivity contribution in [2.45, 2.75) is 32.2 Å². The second-order valence-electron chi connectivity index (χ2n) is 8.46. The number of ketones is 1. The van der Waals surface area contributed by atoms with Crippen LogP contribution < -0.4 is 16.2 Å². The third-order valence-corrected chi connectivity index (χ3v) is 7.32. The number of hydrogen-bond acceptors (Lipinski definition) is 5. The van der Waals surface area contributed by atoms with Gasteiger partial charge in [0.15, 0.2) is 5.78 Å². The highest BCUT2D eigenvalue weighted by Crippen LogP contribution is 2.39. The third-order valence-electron chi connectivity index (χ3n) is 6.18. The Kier molecular flexibility index (Phi) is 5.46. The van der Waals surface area contributed by atoms with E-state index in [4.69, 9.17) is 0 Å². The molecule has 2 aliphatic rings. The highest BCUT2D eigenvalue weighted by Gasteiger charge is 2.28. The Labute approximate surface area is 184 Å². The molecule has 2 aromatic heterocycles. The summed E-state index contributed by atoms with van der Waals surface area (Å²) in [6.07, 6.45) is 3.82. The maximum Gasteiger partial charge on any atom is 0.251 e. The predicted molar refractivity (Wildman–Crippen MR) is 123 cm³/mol. The van der Waals surface area contributed by atoms with Gasteiger partial charge in [-0.15, -0.1) is 0 Å². The molecule has 0 spiro atoms. The molecule has 1 amide bonds. The Balaban J connectivity index is 1.60. The van der Waals surface area contributed by atoms with Gasteiger partial charge < -0.3 is 10.6 Å². The first-order valence-electron chi connectivity index (χ1n) is 10.9. The number of amides is 1. The van der Waals surface area contributed by atoms with Gasteiger partial charge in [0.25, 0.3) is 5.56 Å². The zero-order valence-corrected chi connectivity index (χ0v) is 18.0. The number of pyridine rings is 1. The number of carbonyl (C=O) groups is 2. The zero-order chi connectivity index (χ0) is 21.4. The molecule has 3 aromatic rings. The summed E-state index contributed by atoms with van der Waals surface area (Å²) in [5.41, 5.74) is 0.994. The minimum atomic E-state index is -0.135. The van der Waals surface area contributed by atoms with Gasteiger partial charge in [0.05, 0.1) is 5.56 Å². The Bertz CT molecular complexity index is 1190. The quantitative estimate of drug-likeness (QED) is 0.580. The van der Waals surface area contributed by atoms with E-state index < -0.39 is 0 Å². The highest BCUT2D eigenvalue weighted by atomic mass is 32.1. The molecule has 1 aliphatic heterocycles. The SMILES string of the molecule is O=C(c1ccccc1)c1c(NC(=O)C2CCNCC2)sc2c1ccc(=O)n2CC1CC1. The number of rotatable bonds is 6. The van der Waals surface area contributed by atoms with Gasteiger partial charge in [-0.3, -0.25) is 19.0 Å². The molecular formula is C24H25N3O3S. The molecule has 1 aliphatic carbocycles. The van der Waals surface area contributed by atoms with Crippen LogP contribution in [0.2, 0.25) is 0 Å². The summed E-state index contributed by atoms with van der Waals surface area (Å²) in [6, 6.07) is 12.4. The summed E-state index contributed by atoms with van der Waals surface area (Å²) in [5.74, 6) is 0.265. The van der Waals surface area contributed by atoms with Crippen molar-refractivity contribution >= 4 is 38.2 Å². The fourth-order valence-electron chi connectivity index (χ4n) is 4.21. The maximum atomic E-state index is 13.5. The molecule has 2 fully saturated rings. The second-order valence-corrected chi connectivity index (χ2v) is 9.46. The van der Waals surface area contributed by atoms with E-state index in [-0.39, 0.29) is 23.2 Å². The van der Waals surface area contributed by atoms with Crippen molar-refractivity contribution in [2.75, 3.05) is 18.4 Å². The van der Waals surface area contributed by atoms with E-state index in [0.717, 1.165) is 49.0 Å². The van der Waals surface area contributed by atoms with Crippen LogP contribution in [0.5, 0.6) is 0 Å². The predicted octanol–water partition coefficient (Wildman–Crippen LogP) is 3.64. The topological polar surface area (TPSA) is 80.2 Å². The summed E-state index contributed by atoms with van der Waals surface area (Å²) in [6.45, 7) is 2.31. The van der Waals surface area contributed by atoms with Crippen molar-refractivity contribution in [2.24, 2.45) is 11.8 Å². The third kappa shape index (κ3) is 4.07. The van der Waals surface area contributed by atoms with Crippen molar-refractivity contribution in [3.8, 4) is 0 Å². The van der Waals surface area contributed by atoms with Crippen molar-refractivity contribution < 1.29 is 9.59 Å². The van der Waals surface area contributed by atoms with Crippen LogP contribution in [0.15, 0.2) is 47.3 Å². The van der Waals surface area contributed by atoms with Gasteiger partial charge in [-0.2, -0.15) is 0 Å². The first kappa shape index (κ1) is 20.2. The monoisotopic (exact) mass is 435 g/mol. The molecule has 3 heterocycles. The van der Waals surface area contributed by atoms with Gasteiger partial charge >= 0.3 is 0 Å². The smallest absolute Gasteiger partial charge is 0.251 e. The molecule has 31 heavy (non-hydrogen) atoms.